The van der Waals surface area contributed by atoms with Crippen LogP contribution in [0.4, 0.5) is 4.39 Å². The van der Waals surface area contributed by atoms with E-state index in [2.05, 4.69) is 44.8 Å². The normalized spacial score (nSPS) is 20.9. The molecule has 5 nitrogen and oxygen atoms in total. The molecule has 2 aliphatic rings. The number of rotatable bonds is 6. The quantitative estimate of drug-likeness (QED) is 0.513. The van der Waals surface area contributed by atoms with Gasteiger partial charge in [-0.1, -0.05) is 30.3 Å². The summed E-state index contributed by atoms with van der Waals surface area (Å²) < 4.78 is 21.2. The van der Waals surface area contributed by atoms with Crippen molar-refractivity contribution in [2.75, 3.05) is 39.8 Å². The maximum atomic E-state index is 13.9. The number of fused-ring (bicyclic) bond motifs is 1. The fourth-order valence-corrected chi connectivity index (χ4v) is 6.12. The molecule has 5 rings (SSSR count). The summed E-state index contributed by atoms with van der Waals surface area (Å²) in [4.78, 5) is 17.7. The van der Waals surface area contributed by atoms with Gasteiger partial charge in [-0.05, 0) is 61.7 Å². The van der Waals surface area contributed by atoms with Crippen LogP contribution in [0.15, 0.2) is 54.7 Å². The van der Waals surface area contributed by atoms with E-state index >= 15 is 0 Å². The van der Waals surface area contributed by atoms with Crippen LogP contribution in [0.1, 0.15) is 24.0 Å². The zero-order chi connectivity index (χ0) is 23.7. The number of ether oxygens (including phenoxy) is 1. The van der Waals surface area contributed by atoms with E-state index in [4.69, 9.17) is 4.74 Å². The first kappa shape index (κ1) is 23.1. The SMILES string of the molecule is COC(=O)C1CN(CCc2ccccc2)CC12CCN(Cc1cn(C)c3ccc(F)cc13)CC2. The van der Waals surface area contributed by atoms with Crippen LogP contribution in [-0.2, 0) is 29.5 Å². The highest BCUT2D eigenvalue weighted by Gasteiger charge is 2.51. The van der Waals surface area contributed by atoms with Crippen LogP contribution in [0.5, 0.6) is 0 Å². The van der Waals surface area contributed by atoms with Crippen LogP contribution in [0, 0.1) is 17.2 Å². The van der Waals surface area contributed by atoms with Gasteiger partial charge < -0.3 is 14.2 Å². The molecular weight excluding hydrogens is 429 g/mol. The maximum Gasteiger partial charge on any atom is 0.310 e. The third-order valence-electron chi connectivity index (χ3n) is 8.04. The zero-order valence-corrected chi connectivity index (χ0v) is 20.2. The number of piperidine rings is 1. The molecule has 0 saturated carbocycles. The summed E-state index contributed by atoms with van der Waals surface area (Å²) >= 11 is 0. The maximum absolute atomic E-state index is 13.9. The molecule has 3 heterocycles. The van der Waals surface area contributed by atoms with Crippen molar-refractivity contribution in [1.82, 2.24) is 14.4 Å². The molecule has 0 radical (unpaired) electrons. The molecular formula is C28H34FN3O2. The van der Waals surface area contributed by atoms with Crippen LogP contribution < -0.4 is 0 Å². The van der Waals surface area contributed by atoms with Crippen molar-refractivity contribution in [3.05, 3.63) is 71.7 Å². The summed E-state index contributed by atoms with van der Waals surface area (Å²) in [6.07, 6.45) is 5.07. The number of hydrogen-bond acceptors (Lipinski definition) is 4. The fourth-order valence-electron chi connectivity index (χ4n) is 6.12. The monoisotopic (exact) mass is 463 g/mol. The topological polar surface area (TPSA) is 37.7 Å². The molecule has 2 aliphatic heterocycles. The van der Waals surface area contributed by atoms with Gasteiger partial charge in [0.1, 0.15) is 5.82 Å². The second kappa shape index (κ2) is 9.51. The Kier molecular flexibility index (Phi) is 6.45. The van der Waals surface area contributed by atoms with Crippen molar-refractivity contribution in [2.24, 2.45) is 18.4 Å². The summed E-state index contributed by atoms with van der Waals surface area (Å²) in [6, 6.07) is 15.6. The molecule has 2 saturated heterocycles. The number of nitrogens with zero attached hydrogens (tertiary/aromatic N) is 3. The van der Waals surface area contributed by atoms with E-state index in [1.165, 1.54) is 18.7 Å². The van der Waals surface area contributed by atoms with Crippen LogP contribution >= 0.6 is 0 Å². The van der Waals surface area contributed by atoms with Gasteiger partial charge in [-0.3, -0.25) is 9.69 Å². The van der Waals surface area contributed by atoms with Crippen LogP contribution in [0.2, 0.25) is 0 Å². The molecule has 1 unspecified atom stereocenters. The van der Waals surface area contributed by atoms with E-state index in [1.807, 2.05) is 19.2 Å². The van der Waals surface area contributed by atoms with E-state index in [1.54, 1.807) is 6.07 Å². The van der Waals surface area contributed by atoms with Gasteiger partial charge in [0.25, 0.3) is 0 Å². The summed E-state index contributed by atoms with van der Waals surface area (Å²) in [7, 11) is 3.52. The minimum Gasteiger partial charge on any atom is -0.469 e. The van der Waals surface area contributed by atoms with Gasteiger partial charge in [0.05, 0.1) is 13.0 Å². The lowest BCUT2D eigenvalue weighted by Crippen LogP contribution is -2.46. The molecule has 0 aliphatic carbocycles. The highest BCUT2D eigenvalue weighted by Crippen LogP contribution is 2.45. The summed E-state index contributed by atoms with van der Waals surface area (Å²) in [5.41, 5.74) is 3.53. The number of methoxy groups -OCH3 is 1. The van der Waals surface area contributed by atoms with E-state index in [0.717, 1.165) is 75.0 Å². The first-order valence-electron chi connectivity index (χ1n) is 12.3. The smallest absolute Gasteiger partial charge is 0.310 e. The van der Waals surface area contributed by atoms with Gasteiger partial charge in [0.15, 0.2) is 0 Å². The Hall–Kier alpha value is -2.70. The molecule has 0 bridgehead atoms. The summed E-state index contributed by atoms with van der Waals surface area (Å²) in [5, 5.41) is 0.989. The van der Waals surface area contributed by atoms with Crippen LogP contribution in [0.25, 0.3) is 10.9 Å². The van der Waals surface area contributed by atoms with E-state index < -0.39 is 0 Å². The Morgan fingerprint density at radius 3 is 2.62 bits per heavy atom. The van der Waals surface area contributed by atoms with Crippen molar-refractivity contribution < 1.29 is 13.9 Å². The summed E-state index contributed by atoms with van der Waals surface area (Å²) in [6.45, 7) is 5.37. The predicted molar refractivity (Wildman–Crippen MR) is 132 cm³/mol. The number of carbonyl (C=O) groups excluding carboxylic acids is 1. The number of benzene rings is 2. The lowest BCUT2D eigenvalue weighted by Gasteiger charge is -2.41. The molecule has 2 aromatic carbocycles. The molecule has 3 aromatic rings. The van der Waals surface area contributed by atoms with Crippen molar-refractivity contribution in [3.8, 4) is 0 Å². The second-order valence-corrected chi connectivity index (χ2v) is 10.1. The Morgan fingerprint density at radius 2 is 1.88 bits per heavy atom. The number of carbonyl (C=O) groups is 1. The number of likely N-dealkylation sites (tertiary alicyclic amines) is 2. The highest BCUT2D eigenvalue weighted by atomic mass is 19.1. The number of hydrogen-bond donors (Lipinski definition) is 0. The standard InChI is InChI=1S/C28H34FN3O2/c1-30-17-22(24-16-23(29)8-9-26(24)30)18-31-14-11-28(12-15-31)20-32(19-25(28)27(33)34-2)13-10-21-6-4-3-5-7-21/h3-9,16-17,25H,10-15,18-20H2,1-2H3. The second-order valence-electron chi connectivity index (χ2n) is 10.1. The Balaban J connectivity index is 1.26. The minimum absolute atomic E-state index is 0.0227. The van der Waals surface area contributed by atoms with Gasteiger partial charge in [-0.25, -0.2) is 4.39 Å². The lowest BCUT2D eigenvalue weighted by atomic mass is 9.70. The molecule has 180 valence electrons. The average molecular weight is 464 g/mol. The lowest BCUT2D eigenvalue weighted by molar-refractivity contribution is -0.149. The number of aryl methyl sites for hydroxylation is 1. The first-order chi connectivity index (χ1) is 16.5. The number of aromatic nitrogens is 1. The van der Waals surface area contributed by atoms with Gasteiger partial charge in [0, 0.05) is 55.7 Å². The molecule has 34 heavy (non-hydrogen) atoms. The third kappa shape index (κ3) is 4.49. The van der Waals surface area contributed by atoms with Crippen molar-refractivity contribution in [1.29, 1.82) is 0 Å². The fraction of sp³-hybridized carbons (Fsp3) is 0.464. The Morgan fingerprint density at radius 1 is 1.12 bits per heavy atom. The molecule has 2 fully saturated rings. The molecule has 1 atom stereocenters. The van der Waals surface area contributed by atoms with Crippen LogP contribution in [0.3, 0.4) is 0 Å². The van der Waals surface area contributed by atoms with Crippen LogP contribution in [-0.4, -0.2) is 60.2 Å². The van der Waals surface area contributed by atoms with E-state index in [-0.39, 0.29) is 23.1 Å². The van der Waals surface area contributed by atoms with E-state index in [0.29, 0.717) is 0 Å². The molecule has 6 heteroatoms. The molecule has 1 spiro atoms. The van der Waals surface area contributed by atoms with Gasteiger partial charge in [0.2, 0.25) is 0 Å². The Labute approximate surface area is 201 Å². The zero-order valence-electron chi connectivity index (χ0n) is 20.2. The van der Waals surface area contributed by atoms with Crippen molar-refractivity contribution in [2.45, 2.75) is 25.8 Å². The average Bonchev–Trinajstić information content (AvgIpc) is 3.36. The van der Waals surface area contributed by atoms with Crippen molar-refractivity contribution in [3.63, 3.8) is 0 Å². The summed E-state index contributed by atoms with van der Waals surface area (Å²) in [5.74, 6) is -0.331. The number of halogens is 1. The predicted octanol–water partition coefficient (Wildman–Crippen LogP) is 4.25. The Bertz CT molecular complexity index is 1150. The molecule has 0 N–H and O–H groups in total. The largest absolute Gasteiger partial charge is 0.469 e. The van der Waals surface area contributed by atoms with Gasteiger partial charge >= 0.3 is 5.97 Å². The van der Waals surface area contributed by atoms with Crippen molar-refractivity contribution >= 4 is 16.9 Å². The third-order valence-corrected chi connectivity index (χ3v) is 8.04. The van der Waals surface area contributed by atoms with Gasteiger partial charge in [-0.2, -0.15) is 0 Å². The first-order valence-corrected chi connectivity index (χ1v) is 12.3. The highest BCUT2D eigenvalue weighted by molar-refractivity contribution is 5.84. The molecule has 0 amide bonds. The van der Waals surface area contributed by atoms with E-state index in [9.17, 15) is 9.18 Å². The minimum atomic E-state index is -0.194. The molecule has 1 aromatic heterocycles. The number of esters is 1. The van der Waals surface area contributed by atoms with Gasteiger partial charge in [-0.15, -0.1) is 0 Å².